The van der Waals surface area contributed by atoms with Crippen LogP contribution in [-0.2, 0) is 0 Å². The molecule has 0 amide bonds. The van der Waals surface area contributed by atoms with Crippen molar-refractivity contribution in [3.8, 4) is 5.82 Å². The van der Waals surface area contributed by atoms with E-state index in [4.69, 9.17) is 9.97 Å². The Bertz CT molecular complexity index is 1400. The van der Waals surface area contributed by atoms with Crippen LogP contribution in [0.25, 0.3) is 5.82 Å². The Kier molecular flexibility index (Phi) is 6.30. The van der Waals surface area contributed by atoms with Gasteiger partial charge in [-0.3, -0.25) is 10.00 Å². The van der Waals surface area contributed by atoms with Crippen molar-refractivity contribution in [3.05, 3.63) is 65.6 Å². The van der Waals surface area contributed by atoms with Crippen LogP contribution in [0.5, 0.6) is 0 Å². The molecule has 0 saturated carbocycles. The van der Waals surface area contributed by atoms with Gasteiger partial charge in [-0.25, -0.2) is 19.0 Å². The molecule has 0 radical (unpaired) electrons. The van der Waals surface area contributed by atoms with Gasteiger partial charge < -0.3 is 10.2 Å². The van der Waals surface area contributed by atoms with Crippen LogP contribution in [0, 0.1) is 25.1 Å². The van der Waals surface area contributed by atoms with Gasteiger partial charge in [0.25, 0.3) is 0 Å². The molecule has 198 valence electrons. The second-order valence-corrected chi connectivity index (χ2v) is 10.7. The molecule has 0 unspecified atom stereocenters. The third-order valence-corrected chi connectivity index (χ3v) is 7.97. The molecule has 1 atom stereocenters. The number of nitrogens with one attached hydrogen (secondary N) is 2. The van der Waals surface area contributed by atoms with Crippen LogP contribution in [0.2, 0.25) is 0 Å². The van der Waals surface area contributed by atoms with Gasteiger partial charge in [-0.2, -0.15) is 15.2 Å². The van der Waals surface area contributed by atoms with E-state index in [2.05, 4.69) is 48.4 Å². The first-order chi connectivity index (χ1) is 18.4. The molecule has 4 aromatic rings. The van der Waals surface area contributed by atoms with Crippen molar-refractivity contribution in [1.29, 1.82) is 0 Å². The van der Waals surface area contributed by atoms with Crippen LogP contribution in [0.15, 0.2) is 42.9 Å². The largest absolute Gasteiger partial charge is 0.341 e. The summed E-state index contributed by atoms with van der Waals surface area (Å²) in [5.41, 5.74) is 3.42. The van der Waals surface area contributed by atoms with Gasteiger partial charge in [-0.15, -0.1) is 0 Å². The van der Waals surface area contributed by atoms with Crippen LogP contribution < -0.4 is 10.2 Å². The summed E-state index contributed by atoms with van der Waals surface area (Å²) in [5, 5.41) is 14.5. The molecule has 0 aromatic carbocycles. The zero-order valence-electron chi connectivity index (χ0n) is 22.0. The van der Waals surface area contributed by atoms with Crippen LogP contribution >= 0.6 is 0 Å². The van der Waals surface area contributed by atoms with Crippen molar-refractivity contribution < 1.29 is 4.39 Å². The van der Waals surface area contributed by atoms with Crippen LogP contribution in [-0.4, -0.2) is 66.0 Å². The molecule has 10 nitrogen and oxygen atoms in total. The van der Waals surface area contributed by atoms with Crippen molar-refractivity contribution in [2.75, 3.05) is 36.4 Å². The van der Waals surface area contributed by atoms with Gasteiger partial charge in [-0.05, 0) is 63.6 Å². The number of piperidine rings is 1. The molecule has 1 spiro atoms. The minimum atomic E-state index is -0.368. The third kappa shape index (κ3) is 4.98. The number of nitrogens with zero attached hydrogens (tertiary/aromatic N) is 8. The lowest BCUT2D eigenvalue weighted by atomic mass is 9.78. The number of H-pyrrole nitrogens is 1. The second-order valence-electron chi connectivity index (χ2n) is 10.7. The summed E-state index contributed by atoms with van der Waals surface area (Å²) in [5.74, 6) is 2.54. The maximum absolute atomic E-state index is 13.3. The smallest absolute Gasteiger partial charge is 0.227 e. The van der Waals surface area contributed by atoms with Crippen LogP contribution in [0.1, 0.15) is 49.2 Å². The van der Waals surface area contributed by atoms with E-state index < -0.39 is 0 Å². The maximum Gasteiger partial charge on any atom is 0.227 e. The second kappa shape index (κ2) is 9.79. The van der Waals surface area contributed by atoms with Crippen LogP contribution in [0.4, 0.5) is 22.0 Å². The third-order valence-electron chi connectivity index (χ3n) is 7.97. The fourth-order valence-electron chi connectivity index (χ4n) is 5.68. The number of likely N-dealkylation sites (tertiary alicyclic amines) is 1. The summed E-state index contributed by atoms with van der Waals surface area (Å²) >= 11 is 0. The Balaban J connectivity index is 1.08. The normalized spacial score (nSPS) is 18.3. The van der Waals surface area contributed by atoms with Crippen molar-refractivity contribution in [2.24, 2.45) is 5.41 Å². The highest BCUT2D eigenvalue weighted by Crippen LogP contribution is 2.43. The molecule has 2 aliphatic heterocycles. The quantitative estimate of drug-likeness (QED) is 0.390. The number of pyridine rings is 1. The highest BCUT2D eigenvalue weighted by molar-refractivity contribution is 5.54. The predicted molar refractivity (Wildman–Crippen MR) is 143 cm³/mol. The van der Waals surface area contributed by atoms with E-state index in [9.17, 15) is 4.39 Å². The Labute approximate surface area is 221 Å². The average molecular weight is 517 g/mol. The van der Waals surface area contributed by atoms with Gasteiger partial charge in [0.1, 0.15) is 5.82 Å². The highest BCUT2D eigenvalue weighted by Gasteiger charge is 2.42. The molecule has 38 heavy (non-hydrogen) atoms. The standard InChI is InChI=1S/C27H33FN10/c1-18-12-23(32-24-13-19(2)34-35-24)33-26(31-18)36-9-6-27(7-10-36)8-11-37(17-27)20(3)21-4-5-25(29-14-21)38-16-22(28)15-30-38/h4-5,12-16,20H,6-11,17H2,1-3H3,(H2,31,32,33,34,35)/t20-/m1/s1. The lowest BCUT2D eigenvalue weighted by molar-refractivity contribution is 0.183. The SMILES string of the molecule is Cc1cc(Nc2cc(C)[nH]n2)nc(N2CCC3(CC2)CCN([C@H](C)c2ccc(-n4cc(F)cn4)nc2)C3)n1. The van der Waals surface area contributed by atoms with E-state index in [1.165, 1.54) is 23.5 Å². The lowest BCUT2D eigenvalue weighted by Crippen LogP contribution is -2.42. The Hall–Kier alpha value is -3.86. The highest BCUT2D eigenvalue weighted by atomic mass is 19.1. The van der Waals surface area contributed by atoms with Gasteiger partial charge >= 0.3 is 0 Å². The first kappa shape index (κ1) is 24.5. The first-order valence-electron chi connectivity index (χ1n) is 13.2. The first-order valence-corrected chi connectivity index (χ1v) is 13.2. The number of hydrogen-bond donors (Lipinski definition) is 2. The number of aryl methyl sites for hydroxylation is 2. The molecular weight excluding hydrogens is 483 g/mol. The molecule has 2 fully saturated rings. The molecule has 2 saturated heterocycles. The van der Waals surface area contributed by atoms with Crippen molar-refractivity contribution >= 4 is 17.6 Å². The molecular formula is C27H33FN10. The molecule has 6 rings (SSSR count). The minimum Gasteiger partial charge on any atom is -0.341 e. The molecule has 6 heterocycles. The summed E-state index contributed by atoms with van der Waals surface area (Å²) in [6, 6.07) is 8.15. The molecule has 4 aromatic heterocycles. The van der Waals surface area contributed by atoms with Crippen molar-refractivity contribution in [1.82, 2.24) is 39.8 Å². The molecule has 11 heteroatoms. The van der Waals surface area contributed by atoms with Gasteiger partial charge in [-0.1, -0.05) is 6.07 Å². The summed E-state index contributed by atoms with van der Waals surface area (Å²) in [6.07, 6.45) is 7.85. The Morgan fingerprint density at radius 1 is 1.03 bits per heavy atom. The number of halogens is 1. The average Bonchev–Trinajstić information content (AvgIpc) is 3.64. The Morgan fingerprint density at radius 3 is 2.53 bits per heavy atom. The van der Waals surface area contributed by atoms with E-state index in [1.807, 2.05) is 38.2 Å². The van der Waals surface area contributed by atoms with E-state index >= 15 is 0 Å². The van der Waals surface area contributed by atoms with E-state index in [0.29, 0.717) is 11.2 Å². The summed E-state index contributed by atoms with van der Waals surface area (Å²) in [4.78, 5) is 18.9. The fourth-order valence-corrected chi connectivity index (χ4v) is 5.68. The zero-order valence-corrected chi connectivity index (χ0v) is 22.0. The fraction of sp³-hybridized carbons (Fsp3) is 0.444. The lowest BCUT2D eigenvalue weighted by Gasteiger charge is -2.40. The topological polar surface area (TPSA) is 104 Å². The number of aromatic amines is 1. The van der Waals surface area contributed by atoms with E-state index in [1.54, 1.807) is 0 Å². The van der Waals surface area contributed by atoms with E-state index in [-0.39, 0.29) is 11.9 Å². The molecule has 0 aliphatic carbocycles. The zero-order chi connectivity index (χ0) is 26.3. The van der Waals surface area contributed by atoms with Crippen LogP contribution in [0.3, 0.4) is 0 Å². The van der Waals surface area contributed by atoms with E-state index in [0.717, 1.165) is 73.6 Å². The van der Waals surface area contributed by atoms with Crippen molar-refractivity contribution in [3.63, 3.8) is 0 Å². The molecule has 2 N–H and O–H groups in total. The van der Waals surface area contributed by atoms with Gasteiger partial charge in [0.2, 0.25) is 5.95 Å². The number of hydrogen-bond acceptors (Lipinski definition) is 8. The summed E-state index contributed by atoms with van der Waals surface area (Å²) in [7, 11) is 0. The van der Waals surface area contributed by atoms with Crippen molar-refractivity contribution in [2.45, 2.75) is 46.1 Å². The number of rotatable bonds is 6. The summed E-state index contributed by atoms with van der Waals surface area (Å²) < 4.78 is 14.8. The summed E-state index contributed by atoms with van der Waals surface area (Å²) in [6.45, 7) is 10.3. The molecule has 2 aliphatic rings. The molecule has 0 bridgehead atoms. The number of aromatic nitrogens is 7. The van der Waals surface area contributed by atoms with Gasteiger partial charge in [0.05, 0.1) is 12.4 Å². The maximum atomic E-state index is 13.3. The Morgan fingerprint density at radius 2 is 1.84 bits per heavy atom. The van der Waals surface area contributed by atoms with Gasteiger partial charge in [0.15, 0.2) is 17.5 Å². The number of anilines is 3. The minimum absolute atomic E-state index is 0.266. The predicted octanol–water partition coefficient (Wildman–Crippen LogP) is 4.33. The van der Waals surface area contributed by atoms with Gasteiger partial charge in [0, 0.05) is 55.4 Å². The monoisotopic (exact) mass is 516 g/mol.